The van der Waals surface area contributed by atoms with Crippen LogP contribution in [0.25, 0.3) is 0 Å². The Morgan fingerprint density at radius 2 is 1.71 bits per heavy atom. The molecule has 0 unspecified atom stereocenters. The second-order valence-electron chi connectivity index (χ2n) is 4.11. The maximum Gasteiger partial charge on any atom is 0.147 e. The second kappa shape index (κ2) is 6.65. The van der Waals surface area contributed by atoms with Gasteiger partial charge in [0.05, 0.1) is 6.42 Å². The van der Waals surface area contributed by atoms with Gasteiger partial charge in [-0.2, -0.15) is 0 Å². The van der Waals surface area contributed by atoms with Gasteiger partial charge in [0.2, 0.25) is 0 Å². The summed E-state index contributed by atoms with van der Waals surface area (Å²) >= 11 is 0. The third-order valence-electron chi connectivity index (χ3n) is 3.00. The van der Waals surface area contributed by atoms with Crippen molar-refractivity contribution in [3.8, 4) is 11.8 Å². The lowest BCUT2D eigenvalue weighted by Crippen LogP contribution is -2.15. The molecule has 0 spiro atoms. The van der Waals surface area contributed by atoms with E-state index in [1.807, 2.05) is 0 Å². The number of rotatable bonds is 2. The molecule has 1 nitrogen and oxygen atoms in total. The molecule has 14 heavy (non-hydrogen) atoms. The zero-order chi connectivity index (χ0) is 10.2. The molecule has 0 aliphatic heterocycles. The minimum absolute atomic E-state index is 0.316. The number of carbonyl (C=O) groups is 1. The van der Waals surface area contributed by atoms with Gasteiger partial charge in [0.25, 0.3) is 0 Å². The number of carbonyl (C=O) groups excluding carboxylic acids is 1. The summed E-state index contributed by atoms with van der Waals surface area (Å²) in [5, 5.41) is 0. The van der Waals surface area contributed by atoms with Crippen LogP contribution in [0.1, 0.15) is 58.3 Å². The van der Waals surface area contributed by atoms with E-state index in [0.29, 0.717) is 18.1 Å². The molecule has 1 fully saturated rings. The highest BCUT2D eigenvalue weighted by Crippen LogP contribution is 2.23. The molecule has 1 saturated carbocycles. The first-order valence-corrected chi connectivity index (χ1v) is 5.77. The fraction of sp³-hybridized carbons (Fsp3) is 0.769. The average Bonchev–Trinajstić information content (AvgIpc) is 2.13. The van der Waals surface area contributed by atoms with Gasteiger partial charge < -0.3 is 0 Å². The smallest absolute Gasteiger partial charge is 0.147 e. The standard InChI is InChI=1S/C13H20O/c1-2-3-11-13(14)12-9-7-5-4-6-8-10-12/h12H,4-11H2,1H3. The third-order valence-corrected chi connectivity index (χ3v) is 3.00. The lowest BCUT2D eigenvalue weighted by Gasteiger charge is -2.17. The zero-order valence-electron chi connectivity index (χ0n) is 9.14. The maximum atomic E-state index is 11.7. The van der Waals surface area contributed by atoms with E-state index < -0.39 is 0 Å². The van der Waals surface area contributed by atoms with Gasteiger partial charge in [-0.1, -0.05) is 38.0 Å². The van der Waals surface area contributed by atoms with Gasteiger partial charge in [-0.05, 0) is 19.8 Å². The molecule has 78 valence electrons. The van der Waals surface area contributed by atoms with Crippen LogP contribution in [-0.2, 0) is 4.79 Å². The van der Waals surface area contributed by atoms with E-state index in [9.17, 15) is 4.79 Å². The quantitative estimate of drug-likeness (QED) is 0.613. The number of ketones is 1. The van der Waals surface area contributed by atoms with E-state index in [0.717, 1.165) is 12.8 Å². The van der Waals surface area contributed by atoms with Crippen molar-refractivity contribution >= 4 is 5.78 Å². The van der Waals surface area contributed by atoms with Gasteiger partial charge in [-0.15, -0.1) is 5.92 Å². The highest BCUT2D eigenvalue weighted by Gasteiger charge is 2.17. The molecule has 0 atom stereocenters. The molecule has 0 aromatic rings. The predicted molar refractivity (Wildman–Crippen MR) is 58.9 cm³/mol. The Labute approximate surface area is 87.3 Å². The van der Waals surface area contributed by atoms with E-state index >= 15 is 0 Å². The molecule has 0 bridgehead atoms. The van der Waals surface area contributed by atoms with Gasteiger partial charge in [0.15, 0.2) is 0 Å². The van der Waals surface area contributed by atoms with Crippen LogP contribution in [0.5, 0.6) is 0 Å². The van der Waals surface area contributed by atoms with Gasteiger partial charge >= 0.3 is 0 Å². The van der Waals surface area contributed by atoms with Crippen LogP contribution < -0.4 is 0 Å². The molecule has 1 heteroatoms. The highest BCUT2D eigenvalue weighted by molar-refractivity contribution is 5.83. The summed E-state index contributed by atoms with van der Waals surface area (Å²) in [6.07, 6.45) is 9.11. The first kappa shape index (κ1) is 11.3. The molecular formula is C13H20O. The first-order valence-electron chi connectivity index (χ1n) is 5.77. The van der Waals surface area contributed by atoms with Crippen molar-refractivity contribution < 1.29 is 4.79 Å². The van der Waals surface area contributed by atoms with Crippen molar-refractivity contribution in [1.29, 1.82) is 0 Å². The minimum Gasteiger partial charge on any atom is -0.298 e. The monoisotopic (exact) mass is 192 g/mol. The average molecular weight is 192 g/mol. The Hall–Kier alpha value is -0.770. The van der Waals surface area contributed by atoms with Crippen molar-refractivity contribution in [2.75, 3.05) is 0 Å². The molecular weight excluding hydrogens is 172 g/mol. The van der Waals surface area contributed by atoms with Crippen molar-refractivity contribution in [3.63, 3.8) is 0 Å². The molecule has 1 aliphatic carbocycles. The van der Waals surface area contributed by atoms with Crippen molar-refractivity contribution in [2.24, 2.45) is 5.92 Å². The van der Waals surface area contributed by atoms with E-state index in [1.54, 1.807) is 6.92 Å². The maximum absolute atomic E-state index is 11.7. The Bertz CT molecular complexity index is 223. The molecule has 0 N–H and O–H groups in total. The molecule has 0 aromatic carbocycles. The van der Waals surface area contributed by atoms with Crippen LogP contribution in [0.3, 0.4) is 0 Å². The van der Waals surface area contributed by atoms with Gasteiger partial charge in [0, 0.05) is 5.92 Å². The first-order chi connectivity index (χ1) is 6.84. The van der Waals surface area contributed by atoms with Crippen LogP contribution in [0.4, 0.5) is 0 Å². The number of Topliss-reactive ketones (excluding diaryl/α,β-unsaturated/α-hetero) is 1. The summed E-state index contributed by atoms with van der Waals surface area (Å²) in [6, 6.07) is 0. The molecule has 1 aliphatic rings. The fourth-order valence-electron chi connectivity index (χ4n) is 2.10. The molecule has 0 aromatic heterocycles. The van der Waals surface area contributed by atoms with E-state index in [1.165, 1.54) is 32.1 Å². The van der Waals surface area contributed by atoms with Crippen molar-refractivity contribution in [1.82, 2.24) is 0 Å². The van der Waals surface area contributed by atoms with Crippen LogP contribution in [0.2, 0.25) is 0 Å². The Kier molecular flexibility index (Phi) is 5.37. The van der Waals surface area contributed by atoms with Crippen LogP contribution in [0.15, 0.2) is 0 Å². The summed E-state index contributed by atoms with van der Waals surface area (Å²) in [6.45, 7) is 1.80. The summed E-state index contributed by atoms with van der Waals surface area (Å²) in [5.41, 5.74) is 0. The fourth-order valence-corrected chi connectivity index (χ4v) is 2.10. The Balaban J connectivity index is 2.37. The summed E-state index contributed by atoms with van der Waals surface area (Å²) in [7, 11) is 0. The normalized spacial score (nSPS) is 18.9. The number of hydrogen-bond acceptors (Lipinski definition) is 1. The number of hydrogen-bond donors (Lipinski definition) is 0. The third kappa shape index (κ3) is 3.96. The Morgan fingerprint density at radius 3 is 2.29 bits per heavy atom. The van der Waals surface area contributed by atoms with E-state index in [-0.39, 0.29) is 0 Å². The molecule has 1 rings (SSSR count). The zero-order valence-corrected chi connectivity index (χ0v) is 9.14. The minimum atomic E-state index is 0.316. The van der Waals surface area contributed by atoms with Gasteiger partial charge in [-0.25, -0.2) is 0 Å². The lowest BCUT2D eigenvalue weighted by atomic mass is 9.87. The topological polar surface area (TPSA) is 17.1 Å². The largest absolute Gasteiger partial charge is 0.298 e. The van der Waals surface area contributed by atoms with Crippen LogP contribution >= 0.6 is 0 Å². The lowest BCUT2D eigenvalue weighted by molar-refractivity contribution is -0.122. The second-order valence-corrected chi connectivity index (χ2v) is 4.11. The van der Waals surface area contributed by atoms with Gasteiger partial charge in [-0.3, -0.25) is 4.79 Å². The molecule has 0 radical (unpaired) electrons. The molecule has 0 heterocycles. The van der Waals surface area contributed by atoms with Crippen molar-refractivity contribution in [3.05, 3.63) is 0 Å². The summed E-state index contributed by atoms with van der Waals surface area (Å²) in [5.74, 6) is 6.37. The van der Waals surface area contributed by atoms with Crippen molar-refractivity contribution in [2.45, 2.75) is 58.3 Å². The summed E-state index contributed by atoms with van der Waals surface area (Å²) < 4.78 is 0. The van der Waals surface area contributed by atoms with E-state index in [2.05, 4.69) is 11.8 Å². The highest BCUT2D eigenvalue weighted by atomic mass is 16.1. The summed E-state index contributed by atoms with van der Waals surface area (Å²) in [4.78, 5) is 11.7. The van der Waals surface area contributed by atoms with Gasteiger partial charge in [0.1, 0.15) is 5.78 Å². The SMILES string of the molecule is CC#CCC(=O)C1CCCCCCC1. The predicted octanol–water partition coefficient (Wildman–Crippen LogP) is 3.33. The molecule has 0 saturated heterocycles. The van der Waals surface area contributed by atoms with Crippen LogP contribution in [0, 0.1) is 17.8 Å². The Morgan fingerprint density at radius 1 is 1.14 bits per heavy atom. The van der Waals surface area contributed by atoms with Crippen LogP contribution in [-0.4, -0.2) is 5.78 Å². The molecule has 0 amide bonds. The van der Waals surface area contributed by atoms with E-state index in [4.69, 9.17) is 0 Å².